The van der Waals surface area contributed by atoms with Crippen molar-refractivity contribution in [3.63, 3.8) is 0 Å². The lowest BCUT2D eigenvalue weighted by Crippen LogP contribution is -2.36. The largest absolute Gasteiger partial charge is 0.393 e. The van der Waals surface area contributed by atoms with Crippen LogP contribution in [-0.4, -0.2) is 21.9 Å². The standard InChI is InChI=1S/C27H44O2/c1-19-10-13-23(28)18-22(19)12-11-21-9-7-17-27(5)24(14-15-25(21)27)20(2)8-6-16-26(3,4)29/h11-12,20,23-25,28-29H,1,6-10,13-18H2,2-5H3/b21-11+,22-12-/t20-,23-,24+,25+,27-/m1/s1. The first-order valence-electron chi connectivity index (χ1n) is 12.1. The van der Waals surface area contributed by atoms with Crippen molar-refractivity contribution in [3.8, 4) is 0 Å². The molecule has 0 aromatic rings. The summed E-state index contributed by atoms with van der Waals surface area (Å²) < 4.78 is 0. The maximum atomic E-state index is 10.0. The highest BCUT2D eigenvalue weighted by Gasteiger charge is 2.50. The van der Waals surface area contributed by atoms with E-state index in [-0.39, 0.29) is 6.10 Å². The molecule has 29 heavy (non-hydrogen) atoms. The second-order valence-electron chi connectivity index (χ2n) is 11.2. The Labute approximate surface area is 179 Å². The van der Waals surface area contributed by atoms with Crippen LogP contribution in [-0.2, 0) is 0 Å². The van der Waals surface area contributed by atoms with E-state index in [9.17, 15) is 10.2 Å². The number of fused-ring (bicyclic) bond motifs is 1. The Morgan fingerprint density at radius 1 is 1.21 bits per heavy atom. The van der Waals surface area contributed by atoms with Gasteiger partial charge in [0.1, 0.15) is 0 Å². The van der Waals surface area contributed by atoms with Crippen LogP contribution in [0.1, 0.15) is 98.3 Å². The summed E-state index contributed by atoms with van der Waals surface area (Å²) in [5.74, 6) is 2.26. The van der Waals surface area contributed by atoms with Crippen LogP contribution >= 0.6 is 0 Å². The zero-order chi connectivity index (χ0) is 21.2. The lowest BCUT2D eigenvalue weighted by Gasteiger charge is -2.44. The first kappa shape index (κ1) is 22.8. The monoisotopic (exact) mass is 400 g/mol. The Morgan fingerprint density at radius 2 is 1.97 bits per heavy atom. The van der Waals surface area contributed by atoms with Crippen LogP contribution in [0.15, 0.2) is 35.5 Å². The van der Waals surface area contributed by atoms with E-state index in [0.717, 1.165) is 49.9 Å². The summed E-state index contributed by atoms with van der Waals surface area (Å²) in [4.78, 5) is 0. The number of hydrogen-bond donors (Lipinski definition) is 2. The highest BCUT2D eigenvalue weighted by Crippen LogP contribution is 2.60. The molecular formula is C27H44O2. The Morgan fingerprint density at radius 3 is 2.69 bits per heavy atom. The first-order valence-corrected chi connectivity index (χ1v) is 12.1. The fraction of sp³-hybridized carbons (Fsp3) is 0.778. The zero-order valence-electron chi connectivity index (χ0n) is 19.3. The third-order valence-electron chi connectivity index (χ3n) is 8.36. The van der Waals surface area contributed by atoms with E-state index in [1.807, 2.05) is 13.8 Å². The molecule has 3 aliphatic carbocycles. The number of aliphatic hydroxyl groups is 2. The quantitative estimate of drug-likeness (QED) is 0.518. The van der Waals surface area contributed by atoms with E-state index in [4.69, 9.17) is 0 Å². The third-order valence-corrected chi connectivity index (χ3v) is 8.36. The number of hydrogen-bond acceptors (Lipinski definition) is 2. The lowest BCUT2D eigenvalue weighted by atomic mass is 9.60. The van der Waals surface area contributed by atoms with Gasteiger partial charge in [-0.3, -0.25) is 0 Å². The summed E-state index contributed by atoms with van der Waals surface area (Å²) in [7, 11) is 0. The minimum Gasteiger partial charge on any atom is -0.393 e. The summed E-state index contributed by atoms with van der Waals surface area (Å²) in [6, 6.07) is 0. The van der Waals surface area contributed by atoms with E-state index in [0.29, 0.717) is 5.41 Å². The van der Waals surface area contributed by atoms with Crippen molar-refractivity contribution in [1.29, 1.82) is 0 Å². The summed E-state index contributed by atoms with van der Waals surface area (Å²) in [5, 5.41) is 20.1. The molecule has 0 aliphatic heterocycles. The van der Waals surface area contributed by atoms with Crippen molar-refractivity contribution in [3.05, 3.63) is 35.5 Å². The summed E-state index contributed by atoms with van der Waals surface area (Å²) in [6.45, 7) is 13.1. The van der Waals surface area contributed by atoms with Crippen LogP contribution in [0, 0.1) is 23.2 Å². The van der Waals surface area contributed by atoms with Crippen LogP contribution in [0.5, 0.6) is 0 Å². The molecule has 2 heteroatoms. The van der Waals surface area contributed by atoms with Crippen molar-refractivity contribution in [2.24, 2.45) is 23.2 Å². The van der Waals surface area contributed by atoms with E-state index in [1.54, 1.807) is 5.57 Å². The summed E-state index contributed by atoms with van der Waals surface area (Å²) in [6.07, 6.45) is 16.9. The molecule has 0 saturated heterocycles. The smallest absolute Gasteiger partial charge is 0.0591 e. The van der Waals surface area contributed by atoms with Gasteiger partial charge in [-0.1, -0.05) is 56.6 Å². The van der Waals surface area contributed by atoms with Gasteiger partial charge in [-0.05, 0) is 100 Å². The van der Waals surface area contributed by atoms with Crippen LogP contribution in [0.3, 0.4) is 0 Å². The Kier molecular flexibility index (Phi) is 7.16. The minimum atomic E-state index is -0.535. The topological polar surface area (TPSA) is 40.5 Å². The molecule has 0 amide bonds. The average Bonchev–Trinajstić information content (AvgIpc) is 2.99. The van der Waals surface area contributed by atoms with Gasteiger partial charge in [-0.15, -0.1) is 0 Å². The fourth-order valence-electron chi connectivity index (χ4n) is 6.67. The maximum Gasteiger partial charge on any atom is 0.0591 e. The molecule has 164 valence electrons. The zero-order valence-corrected chi connectivity index (χ0v) is 19.3. The van der Waals surface area contributed by atoms with E-state index in [1.165, 1.54) is 49.7 Å². The van der Waals surface area contributed by atoms with Gasteiger partial charge in [-0.25, -0.2) is 0 Å². The SMILES string of the molecule is C=C1CC[C@@H](O)C/C1=C/C=C1\CCC[C@@]2(C)[C@H]1CC[C@H]2[C@H](C)CCCC(C)(C)O. The van der Waals surface area contributed by atoms with Gasteiger partial charge in [0.25, 0.3) is 0 Å². The maximum absolute atomic E-state index is 10.0. The van der Waals surface area contributed by atoms with Crippen LogP contribution < -0.4 is 0 Å². The lowest BCUT2D eigenvalue weighted by molar-refractivity contribution is 0.0596. The second kappa shape index (κ2) is 9.10. The second-order valence-corrected chi connectivity index (χ2v) is 11.2. The number of rotatable bonds is 6. The van der Waals surface area contributed by atoms with E-state index >= 15 is 0 Å². The molecule has 0 unspecified atom stereocenters. The van der Waals surface area contributed by atoms with Gasteiger partial charge < -0.3 is 10.2 Å². The molecule has 3 aliphatic rings. The molecule has 2 nitrogen and oxygen atoms in total. The molecular weight excluding hydrogens is 356 g/mol. The van der Waals surface area contributed by atoms with Gasteiger partial charge in [-0.2, -0.15) is 0 Å². The highest BCUT2D eigenvalue weighted by atomic mass is 16.3. The minimum absolute atomic E-state index is 0.192. The summed E-state index contributed by atoms with van der Waals surface area (Å²) >= 11 is 0. The van der Waals surface area contributed by atoms with Crippen molar-refractivity contribution in [2.75, 3.05) is 0 Å². The summed E-state index contributed by atoms with van der Waals surface area (Å²) in [5.41, 5.74) is 4.02. The van der Waals surface area contributed by atoms with Gasteiger partial charge in [0.05, 0.1) is 11.7 Å². The molecule has 0 aromatic heterocycles. The van der Waals surface area contributed by atoms with Crippen LogP contribution in [0.4, 0.5) is 0 Å². The average molecular weight is 401 g/mol. The predicted octanol–water partition coefficient (Wildman–Crippen LogP) is 6.73. The van der Waals surface area contributed by atoms with E-state index < -0.39 is 5.60 Å². The van der Waals surface area contributed by atoms with E-state index in [2.05, 4.69) is 32.6 Å². The molecule has 2 N–H and O–H groups in total. The fourth-order valence-corrected chi connectivity index (χ4v) is 6.67. The number of aliphatic hydroxyl groups excluding tert-OH is 1. The Bertz CT molecular complexity index is 650. The van der Waals surface area contributed by atoms with Crippen LogP contribution in [0.2, 0.25) is 0 Å². The van der Waals surface area contributed by atoms with Gasteiger partial charge in [0, 0.05) is 0 Å². The predicted molar refractivity (Wildman–Crippen MR) is 123 cm³/mol. The Hall–Kier alpha value is -0.860. The molecule has 3 saturated carbocycles. The van der Waals surface area contributed by atoms with Gasteiger partial charge in [0.15, 0.2) is 0 Å². The van der Waals surface area contributed by atoms with Crippen molar-refractivity contribution in [1.82, 2.24) is 0 Å². The normalized spacial score (nSPS) is 37.2. The third kappa shape index (κ3) is 5.44. The molecule has 0 spiro atoms. The molecule has 3 fully saturated rings. The Balaban J connectivity index is 1.68. The molecule has 0 radical (unpaired) electrons. The molecule has 0 aromatic carbocycles. The molecule has 3 rings (SSSR count). The number of allylic oxidation sites excluding steroid dienone is 4. The van der Waals surface area contributed by atoms with Gasteiger partial charge in [0.2, 0.25) is 0 Å². The van der Waals surface area contributed by atoms with Gasteiger partial charge >= 0.3 is 0 Å². The van der Waals surface area contributed by atoms with Crippen molar-refractivity contribution in [2.45, 2.75) is 110 Å². The van der Waals surface area contributed by atoms with Crippen molar-refractivity contribution < 1.29 is 10.2 Å². The van der Waals surface area contributed by atoms with Crippen molar-refractivity contribution >= 4 is 0 Å². The first-order chi connectivity index (χ1) is 13.6. The van der Waals surface area contributed by atoms with Crippen LogP contribution in [0.25, 0.3) is 0 Å². The molecule has 0 heterocycles. The molecule has 5 atom stereocenters. The highest BCUT2D eigenvalue weighted by molar-refractivity contribution is 5.36. The molecule has 0 bridgehead atoms.